The van der Waals surface area contributed by atoms with Crippen molar-refractivity contribution < 1.29 is 19.4 Å². The van der Waals surface area contributed by atoms with Gasteiger partial charge in [0.15, 0.2) is 6.10 Å². The van der Waals surface area contributed by atoms with Crippen molar-refractivity contribution in [3.63, 3.8) is 0 Å². The van der Waals surface area contributed by atoms with Crippen molar-refractivity contribution in [3.8, 4) is 0 Å². The molecule has 1 N–H and O–H groups in total. The van der Waals surface area contributed by atoms with E-state index < -0.39 is 17.8 Å². The van der Waals surface area contributed by atoms with Gasteiger partial charge < -0.3 is 15.4 Å². The Morgan fingerprint density at radius 2 is 2.12 bits per heavy atom. The van der Waals surface area contributed by atoms with Crippen molar-refractivity contribution in [1.82, 2.24) is 0 Å². The van der Waals surface area contributed by atoms with Crippen LogP contribution in [0.15, 0.2) is 24.3 Å². The topological polar surface area (TPSA) is 82.9 Å². The van der Waals surface area contributed by atoms with E-state index in [-0.39, 0.29) is 6.61 Å². The Morgan fingerprint density at radius 1 is 1.53 bits per heavy atom. The van der Waals surface area contributed by atoms with Crippen molar-refractivity contribution >= 4 is 23.3 Å². The van der Waals surface area contributed by atoms with Crippen LogP contribution in [0.1, 0.15) is 18.6 Å². The average Bonchev–Trinajstić information content (AvgIpc) is 2.31. The molecule has 0 aliphatic heterocycles. The Balaban J connectivity index is 2.94. The first-order valence-corrected chi connectivity index (χ1v) is 5.30. The predicted octanol–water partition coefficient (Wildman–Crippen LogP) is 1.61. The maximum absolute atomic E-state index is 11.4. The molecule has 0 aliphatic rings. The highest BCUT2D eigenvalue weighted by Crippen LogP contribution is 2.17. The van der Waals surface area contributed by atoms with Crippen molar-refractivity contribution in [2.75, 3.05) is 6.61 Å². The summed E-state index contributed by atoms with van der Waals surface area (Å²) in [5, 5.41) is 10.3. The van der Waals surface area contributed by atoms with Crippen molar-refractivity contribution in [3.05, 3.63) is 40.4 Å². The van der Waals surface area contributed by atoms with E-state index in [4.69, 9.17) is 17.1 Å². The van der Waals surface area contributed by atoms with Gasteiger partial charge in [0.25, 0.3) is 0 Å². The summed E-state index contributed by atoms with van der Waals surface area (Å²) in [4.78, 5) is 14.1. The molecule has 0 aromatic heterocycles. The van der Waals surface area contributed by atoms with Gasteiger partial charge in [-0.05, 0) is 24.6 Å². The van der Waals surface area contributed by atoms with Gasteiger partial charge in [-0.25, -0.2) is 4.79 Å². The number of carbonyl (C=O) groups excluding carboxylic acids is 1. The zero-order valence-electron chi connectivity index (χ0n) is 9.13. The zero-order chi connectivity index (χ0) is 12.8. The monoisotopic (exact) mass is 254 g/mol. The van der Waals surface area contributed by atoms with Gasteiger partial charge >= 0.3 is 11.7 Å². The number of benzene rings is 1. The molecule has 0 saturated heterocycles. The van der Waals surface area contributed by atoms with Crippen LogP contribution >= 0.6 is 11.6 Å². The molecule has 0 bridgehead atoms. The van der Waals surface area contributed by atoms with Crippen molar-refractivity contribution in [1.29, 1.82) is 0 Å². The van der Waals surface area contributed by atoms with Crippen LogP contribution in [-0.2, 0) is 9.53 Å². The minimum atomic E-state index is -1.35. The largest absolute Gasteiger partial charge is 0.457 e. The normalized spacial score (nSPS) is 11.5. The second kappa shape index (κ2) is 6.15. The molecule has 0 heterocycles. The molecule has 1 unspecified atom stereocenters. The van der Waals surface area contributed by atoms with E-state index in [1.807, 2.05) is 0 Å². The summed E-state index contributed by atoms with van der Waals surface area (Å²) < 4.78 is 4.65. The fraction of sp³-hybridized carbons (Fsp3) is 0.273. The third kappa shape index (κ3) is 3.39. The van der Waals surface area contributed by atoms with Gasteiger partial charge in [-0.1, -0.05) is 23.7 Å². The van der Waals surface area contributed by atoms with E-state index in [1.54, 1.807) is 19.1 Å². The highest BCUT2D eigenvalue weighted by atomic mass is 35.5. The Kier molecular flexibility index (Phi) is 4.84. The van der Waals surface area contributed by atoms with E-state index in [0.717, 1.165) is 0 Å². The Labute approximate surface area is 103 Å². The number of hydrogen-bond acceptors (Lipinski definition) is 3. The number of aliphatic hydroxyl groups is 1. The minimum Gasteiger partial charge on any atom is -0.457 e. The standard InChI is InChI=1S/C11H11ClN2O3/c1-2-17-11(16)9(14-13)10(15)7-3-5-8(12)6-4-7/h3-6,10,15H,2H2,1H3. The maximum Gasteiger partial charge on any atom is 0.420 e. The van der Waals surface area contributed by atoms with Crippen LogP contribution < -0.4 is 0 Å². The van der Waals surface area contributed by atoms with E-state index in [1.165, 1.54) is 12.1 Å². The van der Waals surface area contributed by atoms with Crippen molar-refractivity contribution in [2.45, 2.75) is 13.0 Å². The molecule has 1 aromatic rings. The van der Waals surface area contributed by atoms with E-state index >= 15 is 0 Å². The van der Waals surface area contributed by atoms with Gasteiger partial charge in [0, 0.05) is 5.02 Å². The van der Waals surface area contributed by atoms with Crippen LogP contribution in [0.2, 0.25) is 5.02 Å². The molecule has 0 saturated carbocycles. The van der Waals surface area contributed by atoms with E-state index in [2.05, 4.69) is 9.53 Å². The van der Waals surface area contributed by atoms with Gasteiger partial charge in [0.1, 0.15) is 0 Å². The van der Waals surface area contributed by atoms with E-state index in [0.29, 0.717) is 10.6 Å². The molecule has 0 amide bonds. The average molecular weight is 255 g/mol. The molecule has 1 atom stereocenters. The summed E-state index contributed by atoms with van der Waals surface area (Å²) in [6.07, 6.45) is -1.35. The fourth-order valence-corrected chi connectivity index (χ4v) is 1.34. The SMILES string of the molecule is CCOC(=O)C(=[N+]=[N-])C(O)c1ccc(Cl)cc1. The lowest BCUT2D eigenvalue weighted by Gasteiger charge is -2.06. The molecule has 0 spiro atoms. The van der Waals surface area contributed by atoms with Gasteiger partial charge in [-0.3, -0.25) is 0 Å². The fourth-order valence-electron chi connectivity index (χ4n) is 1.22. The van der Waals surface area contributed by atoms with Gasteiger partial charge in [0.05, 0.1) is 6.61 Å². The lowest BCUT2D eigenvalue weighted by molar-refractivity contribution is -0.141. The molecule has 6 heteroatoms. The third-order valence-electron chi connectivity index (χ3n) is 2.04. The number of nitrogens with zero attached hydrogens (tertiary/aromatic N) is 2. The minimum absolute atomic E-state index is 0.130. The lowest BCUT2D eigenvalue weighted by Crippen LogP contribution is -2.25. The van der Waals surface area contributed by atoms with Crippen LogP contribution in [0.3, 0.4) is 0 Å². The predicted molar refractivity (Wildman–Crippen MR) is 61.7 cm³/mol. The summed E-state index contributed by atoms with van der Waals surface area (Å²) >= 11 is 5.69. The molecule has 0 aliphatic carbocycles. The zero-order valence-corrected chi connectivity index (χ0v) is 9.89. The molecule has 1 aromatic carbocycles. The van der Waals surface area contributed by atoms with Gasteiger partial charge in [-0.2, -0.15) is 4.79 Å². The first kappa shape index (κ1) is 13.4. The molecule has 0 fully saturated rings. The van der Waals surface area contributed by atoms with Gasteiger partial charge in [0.2, 0.25) is 0 Å². The van der Waals surface area contributed by atoms with E-state index in [9.17, 15) is 9.90 Å². The van der Waals surface area contributed by atoms with Gasteiger partial charge in [-0.15, -0.1) is 0 Å². The Morgan fingerprint density at radius 3 is 2.59 bits per heavy atom. The van der Waals surface area contributed by atoms with Crippen LogP contribution in [0.4, 0.5) is 0 Å². The molecule has 90 valence electrons. The van der Waals surface area contributed by atoms with Crippen LogP contribution in [0.25, 0.3) is 5.53 Å². The summed E-state index contributed by atoms with van der Waals surface area (Å²) in [6, 6.07) is 6.16. The molecule has 17 heavy (non-hydrogen) atoms. The number of esters is 1. The number of rotatable bonds is 4. The number of hydrogen-bond donors (Lipinski definition) is 1. The maximum atomic E-state index is 11.4. The highest BCUT2D eigenvalue weighted by molar-refractivity contribution is 6.35. The lowest BCUT2D eigenvalue weighted by atomic mass is 10.1. The summed E-state index contributed by atoms with van der Waals surface area (Å²) in [6.45, 7) is 1.74. The molecule has 0 radical (unpaired) electrons. The first-order valence-electron chi connectivity index (χ1n) is 4.92. The highest BCUT2D eigenvalue weighted by Gasteiger charge is 2.32. The second-order valence-corrected chi connectivity index (χ2v) is 3.60. The number of ether oxygens (including phenoxy) is 1. The van der Waals surface area contributed by atoms with Crippen LogP contribution in [0.5, 0.6) is 0 Å². The molecule has 5 nitrogen and oxygen atoms in total. The third-order valence-corrected chi connectivity index (χ3v) is 2.29. The Hall–Kier alpha value is -1.68. The summed E-state index contributed by atoms with van der Waals surface area (Å²) in [7, 11) is 0. The first-order chi connectivity index (χ1) is 8.10. The van der Waals surface area contributed by atoms with Crippen LogP contribution in [-0.4, -0.2) is 28.2 Å². The number of aliphatic hydroxyl groups excluding tert-OH is 1. The molecular weight excluding hydrogens is 244 g/mol. The van der Waals surface area contributed by atoms with Crippen molar-refractivity contribution in [2.24, 2.45) is 0 Å². The Bertz CT molecular complexity index is 452. The quantitative estimate of drug-likeness (QED) is 0.383. The number of carbonyl (C=O) groups is 1. The van der Waals surface area contributed by atoms with Crippen LogP contribution in [0, 0.1) is 0 Å². The smallest absolute Gasteiger partial charge is 0.420 e. The molecule has 1 rings (SSSR count). The number of halogens is 1. The summed E-state index contributed by atoms with van der Waals surface area (Å²) in [5.41, 5.74) is 8.63. The second-order valence-electron chi connectivity index (χ2n) is 3.16. The molecular formula is C11H11ClN2O3. The summed E-state index contributed by atoms with van der Waals surface area (Å²) in [5.74, 6) is -0.863.